The van der Waals surface area contributed by atoms with Gasteiger partial charge in [0.15, 0.2) is 6.10 Å². The molecule has 0 aromatic rings. The molecule has 0 bridgehead atoms. The van der Waals surface area contributed by atoms with E-state index in [9.17, 15) is 15.0 Å². The third kappa shape index (κ3) is 5.45. The summed E-state index contributed by atoms with van der Waals surface area (Å²) in [7, 11) is 0. The number of aliphatic hydroxyl groups excluding tert-OH is 7. The minimum Gasteiger partial charge on any atom is -0.479 e. The van der Waals surface area contributed by atoms with E-state index in [0.717, 1.165) is 0 Å². The predicted molar refractivity (Wildman–Crippen MR) is 50.8 cm³/mol. The van der Waals surface area contributed by atoms with Crippen molar-refractivity contribution >= 4 is 5.97 Å². The van der Waals surface area contributed by atoms with Crippen LogP contribution < -0.4 is 29.6 Å². The summed E-state index contributed by atoms with van der Waals surface area (Å²) in [6.07, 6.45) is -12.8. The van der Waals surface area contributed by atoms with Crippen LogP contribution in [0, 0.1) is 0 Å². The molecule has 0 aliphatic carbocycles. The zero-order chi connectivity index (χ0) is 13.7. The summed E-state index contributed by atoms with van der Waals surface area (Å²) in [6.45, 7) is -0.914. The Morgan fingerprint density at radius 2 is 1.22 bits per heavy atom. The van der Waals surface area contributed by atoms with Crippen molar-refractivity contribution in [1.29, 1.82) is 0 Å². The van der Waals surface area contributed by atoms with Crippen LogP contribution in [-0.2, 0) is 4.79 Å². The van der Waals surface area contributed by atoms with Crippen LogP contribution in [0.3, 0.4) is 0 Å². The maximum absolute atomic E-state index is 10.3. The second-order valence-corrected chi connectivity index (χ2v) is 3.50. The summed E-state index contributed by atoms with van der Waals surface area (Å²) in [5.41, 5.74) is 0. The van der Waals surface area contributed by atoms with Gasteiger partial charge in [0.05, 0.1) is 6.61 Å². The first-order valence-electron chi connectivity index (χ1n) is 4.66. The van der Waals surface area contributed by atoms with Gasteiger partial charge in [0.1, 0.15) is 30.5 Å². The van der Waals surface area contributed by atoms with Crippen LogP contribution >= 0.6 is 0 Å². The van der Waals surface area contributed by atoms with Crippen LogP contribution in [-0.4, -0.2) is 90.1 Å². The van der Waals surface area contributed by atoms with E-state index >= 15 is 0 Å². The Hall–Kier alpha value is 0.190. The van der Waals surface area contributed by atoms with Crippen molar-refractivity contribution < 1.29 is 75.2 Å². The normalized spacial score (nSPS) is 21.1. The van der Waals surface area contributed by atoms with Gasteiger partial charge < -0.3 is 40.9 Å². The van der Waals surface area contributed by atoms with Crippen molar-refractivity contribution in [1.82, 2.24) is 0 Å². The SMILES string of the molecule is O=C(O)C(O)C(O)C(O)C(O)C(O)C(O)CO.[Na+]. The molecule has 0 aromatic carbocycles. The third-order valence-corrected chi connectivity index (χ3v) is 2.21. The maximum atomic E-state index is 10.3. The molecular weight excluding hydrogens is 263 g/mol. The maximum Gasteiger partial charge on any atom is 1.00 e. The van der Waals surface area contributed by atoms with Crippen LogP contribution in [0.1, 0.15) is 0 Å². The average molecular weight is 279 g/mol. The van der Waals surface area contributed by atoms with Crippen molar-refractivity contribution in [2.75, 3.05) is 6.61 Å². The number of hydrogen-bond donors (Lipinski definition) is 8. The van der Waals surface area contributed by atoms with Gasteiger partial charge in [0.25, 0.3) is 0 Å². The van der Waals surface area contributed by atoms with Gasteiger partial charge in [-0.15, -0.1) is 0 Å². The zero-order valence-corrected chi connectivity index (χ0v) is 11.7. The number of rotatable bonds is 7. The molecular formula is C8H16NaO9+. The Kier molecular flexibility index (Phi) is 10.4. The quantitative estimate of drug-likeness (QED) is 0.210. The number of carboxylic acids is 1. The summed E-state index contributed by atoms with van der Waals surface area (Å²) in [5, 5.41) is 71.4. The topological polar surface area (TPSA) is 179 Å². The van der Waals surface area contributed by atoms with Gasteiger partial charge in [-0.05, 0) is 0 Å². The van der Waals surface area contributed by atoms with Crippen molar-refractivity contribution in [2.24, 2.45) is 0 Å². The van der Waals surface area contributed by atoms with Gasteiger partial charge in [-0.2, -0.15) is 0 Å². The fourth-order valence-electron chi connectivity index (χ4n) is 1.07. The molecule has 6 unspecified atom stereocenters. The molecule has 0 rings (SSSR count). The summed E-state index contributed by atoms with van der Waals surface area (Å²) >= 11 is 0. The monoisotopic (exact) mass is 279 g/mol. The molecule has 10 heteroatoms. The fourth-order valence-corrected chi connectivity index (χ4v) is 1.07. The van der Waals surface area contributed by atoms with Crippen LogP contribution in [0.15, 0.2) is 0 Å². The Balaban J connectivity index is 0. The first kappa shape index (κ1) is 20.5. The van der Waals surface area contributed by atoms with Crippen molar-refractivity contribution in [3.05, 3.63) is 0 Å². The Morgan fingerprint density at radius 1 is 0.833 bits per heavy atom. The van der Waals surface area contributed by atoms with E-state index in [1.807, 2.05) is 0 Å². The summed E-state index contributed by atoms with van der Waals surface area (Å²) in [5.74, 6) is -1.83. The predicted octanol–water partition coefficient (Wildman–Crippen LogP) is -7.77. The molecule has 0 aromatic heterocycles. The molecule has 0 aliphatic rings. The Bertz CT molecular complexity index is 251. The van der Waals surface area contributed by atoms with Crippen LogP contribution in [0.25, 0.3) is 0 Å². The van der Waals surface area contributed by atoms with Crippen LogP contribution in [0.4, 0.5) is 0 Å². The van der Waals surface area contributed by atoms with Crippen LogP contribution in [0.2, 0.25) is 0 Å². The van der Waals surface area contributed by atoms with Gasteiger partial charge >= 0.3 is 35.5 Å². The second-order valence-electron chi connectivity index (χ2n) is 3.50. The molecule has 0 spiro atoms. The average Bonchev–Trinajstić information content (AvgIpc) is 2.32. The van der Waals surface area contributed by atoms with Crippen molar-refractivity contribution in [2.45, 2.75) is 36.6 Å². The molecule has 8 N–H and O–H groups in total. The smallest absolute Gasteiger partial charge is 0.479 e. The standard InChI is InChI=1S/C8H16O9.Na/c9-1-2(10)3(11)4(12)5(13)6(14)7(15)8(16)17;/h2-7,9-15H,1H2,(H,16,17);/q;+1. The van der Waals surface area contributed by atoms with Gasteiger partial charge in [-0.25, -0.2) is 4.79 Å². The molecule has 102 valence electrons. The second kappa shape index (κ2) is 9.15. The van der Waals surface area contributed by atoms with Gasteiger partial charge in [0, 0.05) is 0 Å². The Labute approximate surface area is 124 Å². The van der Waals surface area contributed by atoms with E-state index < -0.39 is 49.2 Å². The minimum atomic E-state index is -2.36. The fraction of sp³-hybridized carbons (Fsp3) is 0.875. The van der Waals surface area contributed by atoms with Gasteiger partial charge in [-0.3, -0.25) is 0 Å². The van der Waals surface area contributed by atoms with Gasteiger partial charge in [-0.1, -0.05) is 0 Å². The number of hydrogen-bond acceptors (Lipinski definition) is 8. The van der Waals surface area contributed by atoms with E-state index in [1.54, 1.807) is 0 Å². The van der Waals surface area contributed by atoms with Gasteiger partial charge in [0.2, 0.25) is 0 Å². The molecule has 6 atom stereocenters. The van der Waals surface area contributed by atoms with E-state index in [2.05, 4.69) is 0 Å². The molecule has 0 aliphatic heterocycles. The molecule has 0 amide bonds. The summed E-state index contributed by atoms with van der Waals surface area (Å²) in [6, 6.07) is 0. The number of aliphatic hydroxyl groups is 7. The molecule has 18 heavy (non-hydrogen) atoms. The van der Waals surface area contributed by atoms with E-state index in [4.69, 9.17) is 30.6 Å². The van der Waals surface area contributed by atoms with E-state index in [1.165, 1.54) is 0 Å². The molecule has 9 nitrogen and oxygen atoms in total. The molecule has 0 fully saturated rings. The molecule has 0 saturated carbocycles. The minimum absolute atomic E-state index is 0. The number of carboxylic acid groups (broad SMARTS) is 1. The number of carbonyl (C=O) groups is 1. The third-order valence-electron chi connectivity index (χ3n) is 2.21. The summed E-state index contributed by atoms with van der Waals surface area (Å²) < 4.78 is 0. The van der Waals surface area contributed by atoms with Crippen molar-refractivity contribution in [3.8, 4) is 0 Å². The zero-order valence-electron chi connectivity index (χ0n) is 9.66. The summed E-state index contributed by atoms with van der Waals surface area (Å²) in [4.78, 5) is 10.3. The molecule has 0 heterocycles. The van der Waals surface area contributed by atoms with Crippen molar-refractivity contribution in [3.63, 3.8) is 0 Å². The number of aliphatic carboxylic acids is 1. The first-order valence-corrected chi connectivity index (χ1v) is 4.66. The largest absolute Gasteiger partial charge is 1.00 e. The van der Waals surface area contributed by atoms with Crippen LogP contribution in [0.5, 0.6) is 0 Å². The van der Waals surface area contributed by atoms with E-state index in [0.29, 0.717) is 0 Å². The molecule has 0 saturated heterocycles. The molecule has 0 radical (unpaired) electrons. The van der Waals surface area contributed by atoms with E-state index in [-0.39, 0.29) is 29.6 Å². The first-order chi connectivity index (χ1) is 7.73. The Morgan fingerprint density at radius 3 is 1.56 bits per heavy atom.